The van der Waals surface area contributed by atoms with Crippen LogP contribution >= 0.6 is 11.6 Å². The van der Waals surface area contributed by atoms with E-state index in [2.05, 4.69) is 4.98 Å². The molecule has 0 unspecified atom stereocenters. The van der Waals surface area contributed by atoms with Gasteiger partial charge in [-0.2, -0.15) is 0 Å². The second-order valence-electron chi connectivity index (χ2n) is 4.69. The van der Waals surface area contributed by atoms with Gasteiger partial charge < -0.3 is 9.64 Å². The second-order valence-corrected chi connectivity index (χ2v) is 5.10. The molecule has 0 radical (unpaired) electrons. The summed E-state index contributed by atoms with van der Waals surface area (Å²) in [5, 5.41) is 0.420. The van der Waals surface area contributed by atoms with Gasteiger partial charge in [-0.15, -0.1) is 0 Å². The number of para-hydroxylation sites is 1. The van der Waals surface area contributed by atoms with Gasteiger partial charge in [-0.3, -0.25) is 9.78 Å². The molecule has 0 spiro atoms. The molecule has 1 aromatic carbocycles. The molecule has 4 nitrogen and oxygen atoms in total. The second kappa shape index (κ2) is 7.09. The molecule has 5 heteroatoms. The Morgan fingerprint density at radius 2 is 2.05 bits per heavy atom. The highest BCUT2D eigenvalue weighted by Gasteiger charge is 2.15. The molecule has 0 aliphatic carbocycles. The average molecular weight is 305 g/mol. The normalized spacial score (nSPS) is 10.2. The first-order valence-corrected chi connectivity index (χ1v) is 7.01. The smallest absolute Gasteiger partial charge is 0.256 e. The molecule has 0 bridgehead atoms. The number of halogens is 1. The zero-order valence-electron chi connectivity index (χ0n) is 12.0. The third kappa shape index (κ3) is 4.20. The SMILES string of the molecule is Cc1cc(Cl)c(C(=O)N(C)CCOc2ccccc2)cn1. The number of pyridine rings is 1. The van der Waals surface area contributed by atoms with Crippen molar-refractivity contribution in [1.29, 1.82) is 0 Å². The molecule has 1 heterocycles. The molecule has 0 N–H and O–H groups in total. The zero-order chi connectivity index (χ0) is 15.2. The molecule has 0 atom stereocenters. The lowest BCUT2D eigenvalue weighted by Gasteiger charge is -2.18. The van der Waals surface area contributed by atoms with Crippen LogP contribution in [0.1, 0.15) is 16.1 Å². The summed E-state index contributed by atoms with van der Waals surface area (Å²) < 4.78 is 5.57. The van der Waals surface area contributed by atoms with E-state index >= 15 is 0 Å². The Bertz CT molecular complexity index is 617. The first-order valence-electron chi connectivity index (χ1n) is 6.63. The third-order valence-electron chi connectivity index (χ3n) is 3.01. The van der Waals surface area contributed by atoms with E-state index in [1.54, 1.807) is 18.0 Å². The van der Waals surface area contributed by atoms with E-state index in [-0.39, 0.29) is 5.91 Å². The number of rotatable bonds is 5. The van der Waals surface area contributed by atoms with Gasteiger partial charge in [0, 0.05) is 18.9 Å². The van der Waals surface area contributed by atoms with Crippen molar-refractivity contribution in [3.8, 4) is 5.75 Å². The molecular formula is C16H17ClN2O2. The minimum absolute atomic E-state index is 0.163. The molecular weight excluding hydrogens is 288 g/mol. The van der Waals surface area contributed by atoms with Gasteiger partial charge >= 0.3 is 0 Å². The molecule has 0 aliphatic heterocycles. The molecule has 0 fully saturated rings. The molecule has 2 aromatic rings. The van der Waals surface area contributed by atoms with Crippen LogP contribution in [0.3, 0.4) is 0 Å². The van der Waals surface area contributed by atoms with Gasteiger partial charge in [0.2, 0.25) is 0 Å². The van der Waals surface area contributed by atoms with Gasteiger partial charge in [0.15, 0.2) is 0 Å². The standard InChI is InChI=1S/C16H17ClN2O2/c1-12-10-15(17)14(11-18-12)16(20)19(2)8-9-21-13-6-4-3-5-7-13/h3-7,10-11H,8-9H2,1-2H3. The molecule has 21 heavy (non-hydrogen) atoms. The van der Waals surface area contributed by atoms with Gasteiger partial charge in [0.05, 0.1) is 17.1 Å². The van der Waals surface area contributed by atoms with Crippen LogP contribution in [0, 0.1) is 6.92 Å². The van der Waals surface area contributed by atoms with Crippen LogP contribution in [-0.2, 0) is 0 Å². The average Bonchev–Trinajstić information content (AvgIpc) is 2.47. The van der Waals surface area contributed by atoms with Crippen molar-refractivity contribution in [2.24, 2.45) is 0 Å². The fourth-order valence-corrected chi connectivity index (χ4v) is 2.10. The number of carbonyl (C=O) groups is 1. The summed E-state index contributed by atoms with van der Waals surface area (Å²) in [4.78, 5) is 17.9. The lowest BCUT2D eigenvalue weighted by Crippen LogP contribution is -2.31. The highest BCUT2D eigenvalue weighted by Crippen LogP contribution is 2.17. The van der Waals surface area contributed by atoms with Gasteiger partial charge in [0.25, 0.3) is 5.91 Å². The van der Waals surface area contributed by atoms with E-state index in [1.807, 2.05) is 37.3 Å². The predicted octanol–water partition coefficient (Wildman–Crippen LogP) is 3.19. The Labute approximate surface area is 129 Å². The lowest BCUT2D eigenvalue weighted by atomic mass is 10.2. The van der Waals surface area contributed by atoms with E-state index in [0.717, 1.165) is 11.4 Å². The number of carbonyl (C=O) groups excluding carboxylic acids is 1. The Kier molecular flexibility index (Phi) is 5.17. The molecule has 1 amide bonds. The predicted molar refractivity (Wildman–Crippen MR) is 82.9 cm³/mol. The summed E-state index contributed by atoms with van der Waals surface area (Å²) in [6.45, 7) is 2.72. The first kappa shape index (κ1) is 15.3. The van der Waals surface area contributed by atoms with Crippen molar-refractivity contribution in [3.63, 3.8) is 0 Å². The summed E-state index contributed by atoms with van der Waals surface area (Å²) in [6, 6.07) is 11.2. The van der Waals surface area contributed by atoms with Crippen molar-refractivity contribution in [2.75, 3.05) is 20.2 Å². The van der Waals surface area contributed by atoms with Crippen molar-refractivity contribution in [1.82, 2.24) is 9.88 Å². The first-order chi connectivity index (χ1) is 10.1. The van der Waals surface area contributed by atoms with Crippen molar-refractivity contribution in [2.45, 2.75) is 6.92 Å². The Hall–Kier alpha value is -2.07. The minimum atomic E-state index is -0.163. The van der Waals surface area contributed by atoms with Crippen LogP contribution in [0.2, 0.25) is 5.02 Å². The number of ether oxygens (including phenoxy) is 1. The van der Waals surface area contributed by atoms with Gasteiger partial charge in [-0.25, -0.2) is 0 Å². The highest BCUT2D eigenvalue weighted by molar-refractivity contribution is 6.33. The van der Waals surface area contributed by atoms with Crippen molar-refractivity contribution in [3.05, 3.63) is 58.9 Å². The van der Waals surface area contributed by atoms with Gasteiger partial charge in [-0.1, -0.05) is 29.8 Å². The summed E-state index contributed by atoms with van der Waals surface area (Å²) in [5.41, 5.74) is 1.19. The molecule has 0 aliphatic rings. The molecule has 2 rings (SSSR count). The van der Waals surface area contributed by atoms with Crippen LogP contribution in [0.4, 0.5) is 0 Å². The van der Waals surface area contributed by atoms with E-state index in [4.69, 9.17) is 16.3 Å². The fourth-order valence-electron chi connectivity index (χ4n) is 1.81. The van der Waals surface area contributed by atoms with Crippen molar-refractivity contribution >= 4 is 17.5 Å². The van der Waals surface area contributed by atoms with Crippen molar-refractivity contribution < 1.29 is 9.53 Å². The zero-order valence-corrected chi connectivity index (χ0v) is 12.8. The number of aryl methyl sites for hydroxylation is 1. The quantitative estimate of drug-likeness (QED) is 0.852. The van der Waals surface area contributed by atoms with Crippen LogP contribution in [0.15, 0.2) is 42.6 Å². The van der Waals surface area contributed by atoms with E-state index in [9.17, 15) is 4.79 Å². The van der Waals surface area contributed by atoms with Crippen LogP contribution in [0.5, 0.6) is 5.75 Å². The number of hydrogen-bond acceptors (Lipinski definition) is 3. The molecule has 0 saturated carbocycles. The Morgan fingerprint density at radius 3 is 2.71 bits per heavy atom. The summed E-state index contributed by atoms with van der Waals surface area (Å²) in [7, 11) is 1.72. The number of nitrogens with zero attached hydrogens (tertiary/aromatic N) is 2. The minimum Gasteiger partial charge on any atom is -0.492 e. The number of hydrogen-bond donors (Lipinski definition) is 0. The van der Waals surface area contributed by atoms with E-state index in [1.165, 1.54) is 6.20 Å². The molecule has 0 saturated heterocycles. The molecule has 110 valence electrons. The maximum atomic E-state index is 12.3. The Morgan fingerprint density at radius 1 is 1.33 bits per heavy atom. The van der Waals surface area contributed by atoms with Gasteiger partial charge in [0.1, 0.15) is 12.4 Å². The third-order valence-corrected chi connectivity index (χ3v) is 3.32. The lowest BCUT2D eigenvalue weighted by molar-refractivity contribution is 0.0773. The maximum Gasteiger partial charge on any atom is 0.256 e. The number of likely N-dealkylation sites (N-methyl/N-ethyl adjacent to an activating group) is 1. The van der Waals surface area contributed by atoms with E-state index in [0.29, 0.717) is 23.7 Å². The highest BCUT2D eigenvalue weighted by atomic mass is 35.5. The van der Waals surface area contributed by atoms with Gasteiger partial charge in [-0.05, 0) is 25.1 Å². The largest absolute Gasteiger partial charge is 0.492 e. The summed E-state index contributed by atoms with van der Waals surface area (Å²) in [5.74, 6) is 0.623. The van der Waals surface area contributed by atoms with E-state index < -0.39 is 0 Å². The number of aromatic nitrogens is 1. The fraction of sp³-hybridized carbons (Fsp3) is 0.250. The maximum absolute atomic E-state index is 12.3. The van der Waals surface area contributed by atoms with Crippen LogP contribution < -0.4 is 4.74 Å². The van der Waals surface area contributed by atoms with Crippen LogP contribution in [-0.4, -0.2) is 36.0 Å². The summed E-state index contributed by atoms with van der Waals surface area (Å²) >= 11 is 6.08. The monoisotopic (exact) mass is 304 g/mol. The number of benzene rings is 1. The Balaban J connectivity index is 1.90. The number of amides is 1. The topological polar surface area (TPSA) is 42.4 Å². The van der Waals surface area contributed by atoms with Crippen LogP contribution in [0.25, 0.3) is 0 Å². The molecule has 1 aromatic heterocycles. The summed E-state index contributed by atoms with van der Waals surface area (Å²) in [6.07, 6.45) is 1.51.